The zero-order chi connectivity index (χ0) is 13.8. The third-order valence-electron chi connectivity index (χ3n) is 4.60. The molecular weight excluding hydrogens is 258 g/mol. The van der Waals surface area contributed by atoms with Crippen molar-refractivity contribution in [1.82, 2.24) is 10.2 Å². The van der Waals surface area contributed by atoms with Crippen molar-refractivity contribution in [3.63, 3.8) is 0 Å². The van der Waals surface area contributed by atoms with Crippen molar-refractivity contribution >= 4 is 23.2 Å². The Hall–Kier alpha value is -0.840. The maximum absolute atomic E-state index is 11.1. The van der Waals surface area contributed by atoms with E-state index in [4.69, 9.17) is 18.0 Å². The van der Waals surface area contributed by atoms with Crippen molar-refractivity contribution in [3.05, 3.63) is 0 Å². The Morgan fingerprint density at radius 3 is 2.42 bits per heavy atom. The van der Waals surface area contributed by atoms with E-state index in [0.29, 0.717) is 12.0 Å². The van der Waals surface area contributed by atoms with Gasteiger partial charge in [-0.15, -0.1) is 0 Å². The molecule has 0 unspecified atom stereocenters. The number of primary amides is 1. The topological polar surface area (TPSA) is 58.4 Å². The number of amides is 1. The van der Waals surface area contributed by atoms with Crippen molar-refractivity contribution in [2.24, 2.45) is 17.6 Å². The van der Waals surface area contributed by atoms with Crippen molar-refractivity contribution in [2.75, 3.05) is 13.1 Å². The highest BCUT2D eigenvalue weighted by Crippen LogP contribution is 2.24. The summed E-state index contributed by atoms with van der Waals surface area (Å²) in [6, 6.07) is 0.523. The van der Waals surface area contributed by atoms with Gasteiger partial charge in [0.2, 0.25) is 5.91 Å². The van der Waals surface area contributed by atoms with Gasteiger partial charge in [0.25, 0.3) is 0 Å². The minimum atomic E-state index is -0.167. The number of nitrogens with one attached hydrogen (secondary N) is 1. The molecule has 1 aliphatic carbocycles. The molecule has 0 radical (unpaired) electrons. The van der Waals surface area contributed by atoms with E-state index in [1.165, 1.54) is 25.7 Å². The molecule has 0 aromatic carbocycles. The second-order valence-electron chi connectivity index (χ2n) is 5.98. The van der Waals surface area contributed by atoms with Crippen LogP contribution in [0.5, 0.6) is 0 Å². The fraction of sp³-hybridized carbons (Fsp3) is 0.857. The first-order chi connectivity index (χ1) is 9.08. The summed E-state index contributed by atoms with van der Waals surface area (Å²) in [6.45, 7) is 4.00. The van der Waals surface area contributed by atoms with Crippen LogP contribution in [0.2, 0.25) is 0 Å². The summed E-state index contributed by atoms with van der Waals surface area (Å²) in [5.41, 5.74) is 5.35. The van der Waals surface area contributed by atoms with Crippen LogP contribution in [0.25, 0.3) is 0 Å². The number of hydrogen-bond donors (Lipinski definition) is 2. The van der Waals surface area contributed by atoms with Gasteiger partial charge in [0.15, 0.2) is 5.11 Å². The molecule has 2 atom stereocenters. The molecule has 1 saturated carbocycles. The van der Waals surface area contributed by atoms with Crippen molar-refractivity contribution < 1.29 is 4.79 Å². The van der Waals surface area contributed by atoms with Crippen LogP contribution in [0, 0.1) is 11.8 Å². The summed E-state index contributed by atoms with van der Waals surface area (Å²) in [5.74, 6) is 0.571. The molecule has 2 rings (SSSR count). The van der Waals surface area contributed by atoms with Gasteiger partial charge in [-0.3, -0.25) is 4.79 Å². The fourth-order valence-electron chi connectivity index (χ4n) is 3.15. The zero-order valence-electron chi connectivity index (χ0n) is 11.7. The lowest BCUT2D eigenvalue weighted by molar-refractivity contribution is -0.122. The van der Waals surface area contributed by atoms with Crippen LogP contribution in [0.4, 0.5) is 0 Å². The van der Waals surface area contributed by atoms with Crippen molar-refractivity contribution in [3.8, 4) is 0 Å². The van der Waals surface area contributed by atoms with E-state index >= 15 is 0 Å². The Morgan fingerprint density at radius 1 is 1.21 bits per heavy atom. The first-order valence-corrected chi connectivity index (χ1v) is 7.83. The predicted octanol–water partition coefficient (Wildman–Crippen LogP) is 1.64. The lowest BCUT2D eigenvalue weighted by Gasteiger charge is -2.37. The molecule has 0 aromatic rings. The van der Waals surface area contributed by atoms with E-state index in [0.717, 1.165) is 31.0 Å². The van der Waals surface area contributed by atoms with Gasteiger partial charge in [0, 0.05) is 25.0 Å². The Morgan fingerprint density at radius 2 is 1.84 bits per heavy atom. The van der Waals surface area contributed by atoms with Gasteiger partial charge < -0.3 is 16.0 Å². The third kappa shape index (κ3) is 3.81. The van der Waals surface area contributed by atoms with Gasteiger partial charge in [-0.05, 0) is 43.8 Å². The van der Waals surface area contributed by atoms with Gasteiger partial charge in [-0.25, -0.2) is 0 Å². The average Bonchev–Trinajstić information content (AvgIpc) is 2.41. The summed E-state index contributed by atoms with van der Waals surface area (Å²) in [7, 11) is 0. The quantitative estimate of drug-likeness (QED) is 0.756. The van der Waals surface area contributed by atoms with E-state index in [1.54, 1.807) is 0 Å². The molecule has 1 heterocycles. The number of thiocarbonyl (C=S) groups is 1. The molecule has 19 heavy (non-hydrogen) atoms. The fourth-order valence-corrected chi connectivity index (χ4v) is 3.48. The summed E-state index contributed by atoms with van der Waals surface area (Å²) in [6.07, 6.45) is 6.82. The Bertz CT molecular complexity index is 340. The van der Waals surface area contributed by atoms with Crippen LogP contribution < -0.4 is 11.1 Å². The van der Waals surface area contributed by atoms with E-state index in [9.17, 15) is 4.79 Å². The third-order valence-corrected chi connectivity index (χ3v) is 4.98. The van der Waals surface area contributed by atoms with E-state index in [-0.39, 0.29) is 11.8 Å². The minimum Gasteiger partial charge on any atom is -0.369 e. The smallest absolute Gasteiger partial charge is 0.220 e. The van der Waals surface area contributed by atoms with Crippen LogP contribution in [-0.4, -0.2) is 35.1 Å². The van der Waals surface area contributed by atoms with Gasteiger partial charge in [-0.2, -0.15) is 0 Å². The first kappa shape index (κ1) is 14.6. The zero-order valence-corrected chi connectivity index (χ0v) is 12.5. The highest BCUT2D eigenvalue weighted by molar-refractivity contribution is 7.80. The lowest BCUT2D eigenvalue weighted by Crippen LogP contribution is -2.50. The SMILES string of the molecule is C[C@@H]1CCCC[C@@H]1NC(=S)N1CCC(C(N)=O)CC1. The van der Waals surface area contributed by atoms with E-state index in [1.807, 2.05) is 0 Å². The molecular formula is C14H25N3OS. The van der Waals surface area contributed by atoms with Crippen molar-refractivity contribution in [2.45, 2.75) is 51.5 Å². The molecule has 1 aliphatic heterocycles. The normalized spacial score (nSPS) is 29.0. The number of nitrogens with zero attached hydrogens (tertiary/aromatic N) is 1. The number of likely N-dealkylation sites (tertiary alicyclic amines) is 1. The summed E-state index contributed by atoms with van der Waals surface area (Å²) in [5, 5.41) is 4.39. The molecule has 0 bridgehead atoms. The summed E-state index contributed by atoms with van der Waals surface area (Å²) in [4.78, 5) is 13.3. The molecule has 3 N–H and O–H groups in total. The highest BCUT2D eigenvalue weighted by Gasteiger charge is 2.27. The molecule has 4 nitrogen and oxygen atoms in total. The Kier molecular flexibility index (Phi) is 5.02. The van der Waals surface area contributed by atoms with Crippen LogP contribution in [0.15, 0.2) is 0 Å². The van der Waals surface area contributed by atoms with Gasteiger partial charge >= 0.3 is 0 Å². The monoisotopic (exact) mass is 283 g/mol. The summed E-state index contributed by atoms with van der Waals surface area (Å²) < 4.78 is 0. The predicted molar refractivity (Wildman–Crippen MR) is 80.6 cm³/mol. The summed E-state index contributed by atoms with van der Waals surface area (Å²) >= 11 is 5.51. The van der Waals surface area contributed by atoms with Gasteiger partial charge in [0.05, 0.1) is 0 Å². The maximum Gasteiger partial charge on any atom is 0.220 e. The Balaban J connectivity index is 1.79. The van der Waals surface area contributed by atoms with Crippen LogP contribution >= 0.6 is 12.2 Å². The number of nitrogens with two attached hydrogens (primary N) is 1. The number of hydrogen-bond acceptors (Lipinski definition) is 2. The number of carbonyl (C=O) groups is 1. The number of piperidine rings is 1. The molecule has 0 aromatic heterocycles. The van der Waals surface area contributed by atoms with Crippen molar-refractivity contribution in [1.29, 1.82) is 0 Å². The molecule has 108 valence electrons. The second-order valence-corrected chi connectivity index (χ2v) is 6.37. The van der Waals surface area contributed by atoms with Crippen LogP contribution in [0.1, 0.15) is 45.4 Å². The highest BCUT2D eigenvalue weighted by atomic mass is 32.1. The molecule has 5 heteroatoms. The van der Waals surface area contributed by atoms with E-state index in [2.05, 4.69) is 17.1 Å². The number of rotatable bonds is 2. The Labute approximate surface area is 121 Å². The largest absolute Gasteiger partial charge is 0.369 e. The van der Waals surface area contributed by atoms with Gasteiger partial charge in [0.1, 0.15) is 0 Å². The van der Waals surface area contributed by atoms with Crippen LogP contribution in [0.3, 0.4) is 0 Å². The molecule has 1 saturated heterocycles. The molecule has 1 amide bonds. The average molecular weight is 283 g/mol. The maximum atomic E-state index is 11.1. The lowest BCUT2D eigenvalue weighted by atomic mass is 9.86. The molecule has 0 spiro atoms. The number of carbonyl (C=O) groups excluding carboxylic acids is 1. The minimum absolute atomic E-state index is 0.0349. The first-order valence-electron chi connectivity index (χ1n) is 7.42. The van der Waals surface area contributed by atoms with E-state index < -0.39 is 0 Å². The van der Waals surface area contributed by atoms with Gasteiger partial charge in [-0.1, -0.05) is 19.8 Å². The standard InChI is InChI=1S/C14H25N3OS/c1-10-4-2-3-5-12(10)16-14(19)17-8-6-11(7-9-17)13(15)18/h10-12H,2-9H2,1H3,(H2,15,18)(H,16,19)/t10-,12+/m1/s1. The molecule has 2 aliphatic rings. The van der Waals surface area contributed by atoms with Crippen LogP contribution in [-0.2, 0) is 4.79 Å². The second kappa shape index (κ2) is 6.55. The molecule has 2 fully saturated rings.